The largest absolute Gasteiger partial charge is 0.472 e. The summed E-state index contributed by atoms with van der Waals surface area (Å²) >= 11 is 0. The highest BCUT2D eigenvalue weighted by molar-refractivity contribution is 7.48. The Kier molecular flexibility index (Phi) is 23.5. The van der Waals surface area contributed by atoms with Crippen LogP contribution in [0, 0.1) is 5.92 Å². The zero-order chi connectivity index (χ0) is 94.1. The van der Waals surface area contributed by atoms with E-state index in [1.807, 2.05) is 0 Å². The van der Waals surface area contributed by atoms with E-state index < -0.39 is 238 Å². The normalized spacial score (nSPS) is 37.6. The molecule has 8 bridgehead atoms. The smallest absolute Gasteiger partial charge is 0.397 e. The van der Waals surface area contributed by atoms with Gasteiger partial charge in [-0.25, -0.2) is 81.0 Å². The van der Waals surface area contributed by atoms with Crippen molar-refractivity contribution in [1.82, 2.24) is 102 Å². The fraction of sp³-hybridized carbons (Fsp3) is 0.492. The second-order valence-electron chi connectivity index (χ2n) is 31.6. The summed E-state index contributed by atoms with van der Waals surface area (Å²) in [5.41, 5.74) is 33.5. The predicted octanol–water partition coefficient (Wildman–Crippen LogP) is 0.487. The van der Waals surface area contributed by atoms with Crippen molar-refractivity contribution < 1.29 is 153 Å². The van der Waals surface area contributed by atoms with E-state index in [9.17, 15) is 71.1 Å². The standard InChI is InChI=1S/C22H24FN9O12P2.C22H27N9O11P2.C21H24FN9O11P2/c23-10-9-3-39-45(34,35)44-15-14-20(31-6-27-11-8(24)1-2-26-16(11)31)42-22(15,4-38-14)5-40-46(36,37)43-13(10)19(41-9)32-7-28-12-17(32)29-21(25)30-18(12)33;1-9-16-13(40-20(9)30-7-26-14-11(23)2-3-25-17(14)30)6-38-43(33,34)41-12-4-10(5-37-44(35,36)42-16)39-21(12)31-8-27-15-18(31)28-22(24)29-19(15)32;22-12-15-11(40-20(12)30-6-26-13-9(23)1-2-25-16(13)30)5-38-43(33,34)41-10-3-8(4-37-44(35,36)42-15)39-19(10)31-7-27-14-17(31)28-21(24)29-18(14)32/h1-2,6-7,9-10,13-15,19-20H,3-5H2,(H2,24,26)(H,34,35)(H,36,37)(H3,25,29,30,33);2-3,7-10,12-13,16,20-21H,4-6H2,1H3,(H2,23,25)(H,33,34)(H,35,36)(H3,24,28,29,32);1-2,6-8,10-12,15,19-20H,3-5H2,(H2,23,25)(H,33,34)(H,35,36)(H3,24,28,29,32)/t9-,10-,13-,14-,15+,19-,20-,22-;9-,10-,12+,13+,16-,20+,21+;8-,10?,11+,12?,15-,19+,20+/m100/s1. The van der Waals surface area contributed by atoms with Gasteiger partial charge in [0.05, 0.1) is 113 Å². The molecule has 0 aromatic carbocycles. The number of aromatic amines is 3. The topological polar surface area (TPSA) is 838 Å². The van der Waals surface area contributed by atoms with Gasteiger partial charge in [0.2, 0.25) is 17.8 Å². The van der Waals surface area contributed by atoms with Crippen LogP contribution in [0.4, 0.5) is 43.7 Å². The number of nitrogens with one attached hydrogen (secondary N) is 3. The van der Waals surface area contributed by atoms with Crippen LogP contribution in [0.25, 0.3) is 67.0 Å². The van der Waals surface area contributed by atoms with Gasteiger partial charge in [-0.1, -0.05) is 6.92 Å². The number of phosphoric acid groups is 6. The molecule has 10 fully saturated rings. The van der Waals surface area contributed by atoms with Crippen LogP contribution in [0.5, 0.6) is 0 Å². The molecule has 0 amide bonds. The molecular formula is C65H75F2N27O34P6. The highest BCUT2D eigenvalue weighted by Gasteiger charge is 2.67. The van der Waals surface area contributed by atoms with E-state index in [1.165, 1.54) is 74.6 Å². The Labute approximate surface area is 741 Å². The van der Waals surface area contributed by atoms with Gasteiger partial charge in [0.1, 0.15) is 89.4 Å². The number of nitrogens with two attached hydrogens (primary N) is 6. The van der Waals surface area contributed by atoms with Gasteiger partial charge in [-0.15, -0.1) is 0 Å². The molecule has 10 saturated heterocycles. The number of aromatic nitrogens is 21. The highest BCUT2D eigenvalue weighted by atomic mass is 31.2. The van der Waals surface area contributed by atoms with Crippen molar-refractivity contribution in [2.24, 2.45) is 5.92 Å². The Morgan fingerprint density at radius 2 is 0.731 bits per heavy atom. The predicted molar refractivity (Wildman–Crippen MR) is 438 cm³/mol. The van der Waals surface area contributed by atoms with E-state index >= 15 is 8.78 Å². The van der Waals surface area contributed by atoms with Gasteiger partial charge in [0, 0.05) is 37.4 Å². The number of rotatable bonds is 6. The Morgan fingerprint density at radius 1 is 0.373 bits per heavy atom. The molecule has 0 radical (unpaired) electrons. The molecule has 22 rings (SSSR count). The number of nitrogen functional groups attached to an aromatic ring is 6. The molecule has 21 N–H and O–H groups in total. The first-order valence-corrected chi connectivity index (χ1v) is 48.8. The molecule has 12 aromatic heterocycles. The summed E-state index contributed by atoms with van der Waals surface area (Å²) in [5, 5.41) is 0. The van der Waals surface area contributed by atoms with E-state index in [2.05, 4.69) is 74.8 Å². The summed E-state index contributed by atoms with van der Waals surface area (Å²) in [7, 11) is -29.7. The number of anilines is 6. The first kappa shape index (κ1) is 91.7. The van der Waals surface area contributed by atoms with Crippen molar-refractivity contribution in [2.45, 2.75) is 148 Å². The Balaban J connectivity index is 0.000000125. The molecule has 8 unspecified atom stereocenters. The van der Waals surface area contributed by atoms with Gasteiger partial charge in [0.15, 0.2) is 93.9 Å². The first-order chi connectivity index (χ1) is 63.6. The number of imidazole rings is 6. The maximum Gasteiger partial charge on any atom is 0.472 e. The van der Waals surface area contributed by atoms with E-state index in [1.54, 1.807) is 23.6 Å². The van der Waals surface area contributed by atoms with Crippen LogP contribution in [-0.4, -0.2) is 269 Å². The number of halogens is 2. The van der Waals surface area contributed by atoms with Gasteiger partial charge in [-0.2, -0.15) is 15.0 Å². The molecule has 0 spiro atoms. The Morgan fingerprint density at radius 3 is 1.20 bits per heavy atom. The zero-order valence-electron chi connectivity index (χ0n) is 68.0. The van der Waals surface area contributed by atoms with Gasteiger partial charge in [-0.05, 0) is 18.2 Å². The maximum absolute atomic E-state index is 15.9. The second-order valence-corrected chi connectivity index (χ2v) is 40.1. The molecule has 22 heterocycles. The molecule has 0 saturated carbocycles. The molecule has 10 aliphatic rings. The molecule has 28 atom stereocenters. The third-order valence-electron chi connectivity index (χ3n) is 23.0. The minimum absolute atomic E-state index is 0.0166. The molecule has 134 heavy (non-hydrogen) atoms. The van der Waals surface area contributed by atoms with Crippen LogP contribution in [0.2, 0.25) is 0 Å². The number of alkyl halides is 2. The summed E-state index contributed by atoms with van der Waals surface area (Å²) in [4.78, 5) is 157. The zero-order valence-corrected chi connectivity index (χ0v) is 73.4. The van der Waals surface area contributed by atoms with Crippen molar-refractivity contribution in [2.75, 3.05) is 80.7 Å². The summed E-state index contributed by atoms with van der Waals surface area (Å²) in [6.45, 7) is -2.74. The lowest BCUT2D eigenvalue weighted by atomic mass is 10.0. The van der Waals surface area contributed by atoms with Crippen LogP contribution < -0.4 is 51.1 Å². The molecule has 0 aliphatic carbocycles. The van der Waals surface area contributed by atoms with Crippen LogP contribution in [0.1, 0.15) is 57.1 Å². The summed E-state index contributed by atoms with van der Waals surface area (Å²) < 4.78 is 224. The van der Waals surface area contributed by atoms with Crippen LogP contribution in [0.15, 0.2) is 89.1 Å². The minimum atomic E-state index is -5.18. The minimum Gasteiger partial charge on any atom is -0.397 e. The average molecular weight is 2000 g/mol. The quantitative estimate of drug-likeness (QED) is 0.101. The van der Waals surface area contributed by atoms with E-state index in [0.717, 1.165) is 10.9 Å². The second kappa shape index (κ2) is 34.3. The summed E-state index contributed by atoms with van der Waals surface area (Å²) in [6.07, 6.45) is -16.3. The lowest BCUT2D eigenvalue weighted by Gasteiger charge is -2.32. The lowest BCUT2D eigenvalue weighted by molar-refractivity contribution is -0.184. The Hall–Kier alpha value is -10.1. The van der Waals surface area contributed by atoms with Crippen molar-refractivity contribution in [3.05, 3.63) is 106 Å². The van der Waals surface area contributed by atoms with Crippen molar-refractivity contribution >= 4 is 149 Å². The number of hydrogen-bond donors (Lipinski definition) is 15. The van der Waals surface area contributed by atoms with Crippen molar-refractivity contribution in [3.8, 4) is 0 Å². The van der Waals surface area contributed by atoms with E-state index in [4.69, 9.17) is 122 Å². The number of fused-ring (bicyclic) bond motifs is 14. The number of pyridine rings is 3. The average Bonchev–Trinajstić information content (AvgIpc) is 1.55. The lowest BCUT2D eigenvalue weighted by Crippen LogP contribution is -2.45. The van der Waals surface area contributed by atoms with Crippen molar-refractivity contribution in [1.29, 1.82) is 0 Å². The highest BCUT2D eigenvalue weighted by Crippen LogP contribution is 2.61. The monoisotopic (exact) mass is 2000 g/mol. The maximum atomic E-state index is 15.9. The fourth-order valence-corrected chi connectivity index (χ4v) is 22.9. The molecule has 69 heteroatoms. The van der Waals surface area contributed by atoms with Gasteiger partial charge >= 0.3 is 46.9 Å². The molecule has 718 valence electrons. The molecule has 61 nitrogen and oxygen atoms in total. The molecule has 10 aliphatic heterocycles. The van der Waals surface area contributed by atoms with Crippen LogP contribution >= 0.6 is 46.9 Å². The third kappa shape index (κ3) is 17.2. The number of phosphoric ester groups is 6. The number of ether oxygens (including phenoxy) is 7. The number of nitrogens with zero attached hydrogens (tertiary/aromatic N) is 18. The van der Waals surface area contributed by atoms with Gasteiger partial charge < -0.3 is 96.9 Å². The van der Waals surface area contributed by atoms with Gasteiger partial charge in [-0.3, -0.25) is 111 Å². The number of H-pyrrole nitrogens is 3. The Bertz CT molecular complexity index is 6870. The van der Waals surface area contributed by atoms with E-state index in [0.29, 0.717) is 33.7 Å². The summed E-state index contributed by atoms with van der Waals surface area (Å²) in [6, 6.07) is 4.63. The third-order valence-corrected chi connectivity index (χ3v) is 28.9. The SMILES string of the molecule is C[C@H]1[C@@H]2OP(=O)(O)OC[C@@H]3C[C@@H](OP(=O)(O)OC[C@H]2O[C@H]1n1cnc2c(N)ccnc21)[C@H](n1cnc2c(=O)[nH]c(N)nc21)O3.Nc1nc2c(ncn2[C@@H]2O[C@@H]3COP(=O)(O)O[C@@H]4C(F)[C@H](n5cnc6c(N)ccnc65)O[C@@H]4COP(=O)(O)OC2C3)c(=O)[nH]1.Nc1nc2c(ncn2[C@@H]2O[C@@H]3COP(=O)(O)O[C@H]4[C@H]5OC[C@]4(COP(=O)(O)O[C@@H]2[C@@H]3F)O[C@H]5n2cnc3c(N)ccnc32)c(=O)[nH]1. The molecular weight excluding hydrogens is 1930 g/mol. The first-order valence-electron chi connectivity index (χ1n) is 39.8. The van der Waals surface area contributed by atoms with Crippen LogP contribution in [0.3, 0.4) is 0 Å². The van der Waals surface area contributed by atoms with Gasteiger partial charge in [0.25, 0.3) is 16.7 Å². The van der Waals surface area contributed by atoms with Crippen molar-refractivity contribution in [3.63, 3.8) is 0 Å². The number of hydrogen-bond acceptors (Lipinski definition) is 46. The summed E-state index contributed by atoms with van der Waals surface area (Å²) in [5.74, 6) is -1.36. The van der Waals surface area contributed by atoms with Crippen LogP contribution in [-0.2, 0) is 115 Å². The molecule has 12 aromatic rings. The van der Waals surface area contributed by atoms with E-state index in [-0.39, 0.29) is 87.6 Å². The fourth-order valence-electron chi connectivity index (χ4n) is 17.0.